The summed E-state index contributed by atoms with van der Waals surface area (Å²) in [4.78, 5) is 37.2. The van der Waals surface area contributed by atoms with Gasteiger partial charge in [0, 0.05) is 6.20 Å². The van der Waals surface area contributed by atoms with Crippen LogP contribution in [0, 0.1) is 5.82 Å². The Labute approximate surface area is 284 Å². The summed E-state index contributed by atoms with van der Waals surface area (Å²) in [6.07, 6.45) is -5.65. The average molecular weight is 735 g/mol. The molecule has 0 bridgehead atoms. The number of hydrogen-bond acceptors (Lipinski definition) is 8. The second kappa shape index (κ2) is 16.4. The Hall–Kier alpha value is -4.79. The van der Waals surface area contributed by atoms with E-state index in [9.17, 15) is 31.9 Å². The van der Waals surface area contributed by atoms with E-state index in [1.807, 2.05) is 0 Å². The van der Waals surface area contributed by atoms with Crippen LogP contribution in [0.15, 0.2) is 72.9 Å². The molecule has 1 heterocycles. The van der Waals surface area contributed by atoms with E-state index in [2.05, 4.69) is 4.98 Å². The van der Waals surface area contributed by atoms with Crippen LogP contribution in [0.3, 0.4) is 0 Å². The van der Waals surface area contributed by atoms with Crippen molar-refractivity contribution in [2.24, 2.45) is 0 Å². The standard InChI is InChI=1S/C17H11Cl2F3O5.C14H11ClFNO4/c1-8(15(23)24)26-16(25)11-7-10(3-4-12(11)18)27-14-5-2-9(6-13(14)19)17(20,21)22;1-8(14(18)19)20-10-2-4-11(5-3-10)21-13-12(16)6-9(15)7-17-13/h2-8H,1H3,(H,23,24);2-8H,1H3,(H,18,19)/t2*8-/m01/s1. The van der Waals surface area contributed by atoms with Gasteiger partial charge >= 0.3 is 24.1 Å². The lowest BCUT2D eigenvalue weighted by Gasteiger charge is -2.13. The van der Waals surface area contributed by atoms with Crippen molar-refractivity contribution in [3.05, 3.63) is 105 Å². The number of carbonyl (C=O) groups excluding carboxylic acids is 1. The maximum absolute atomic E-state index is 13.5. The lowest BCUT2D eigenvalue weighted by molar-refractivity contribution is -0.146. The van der Waals surface area contributed by atoms with Gasteiger partial charge in [0.1, 0.15) is 23.0 Å². The number of halogens is 7. The van der Waals surface area contributed by atoms with Crippen molar-refractivity contribution in [1.82, 2.24) is 4.98 Å². The molecule has 0 aliphatic heterocycles. The molecule has 0 saturated heterocycles. The highest BCUT2D eigenvalue weighted by Crippen LogP contribution is 2.37. The molecule has 254 valence electrons. The molecule has 0 saturated carbocycles. The van der Waals surface area contributed by atoms with Crippen molar-refractivity contribution in [3.63, 3.8) is 0 Å². The van der Waals surface area contributed by atoms with Crippen LogP contribution < -0.4 is 14.2 Å². The first-order valence-corrected chi connectivity index (χ1v) is 14.3. The summed E-state index contributed by atoms with van der Waals surface area (Å²) in [6.45, 7) is 2.58. The summed E-state index contributed by atoms with van der Waals surface area (Å²) >= 11 is 17.3. The molecule has 4 rings (SSSR count). The Morgan fingerprint density at radius 2 is 1.38 bits per heavy atom. The predicted octanol–water partition coefficient (Wildman–Crippen LogP) is 8.95. The maximum atomic E-state index is 13.5. The monoisotopic (exact) mass is 733 g/mol. The van der Waals surface area contributed by atoms with E-state index >= 15 is 0 Å². The van der Waals surface area contributed by atoms with E-state index in [0.29, 0.717) is 17.6 Å². The van der Waals surface area contributed by atoms with Gasteiger partial charge in [-0.15, -0.1) is 0 Å². The summed E-state index contributed by atoms with van der Waals surface area (Å²) in [5, 5.41) is 17.4. The fourth-order valence-corrected chi connectivity index (χ4v) is 3.87. The van der Waals surface area contributed by atoms with Crippen LogP contribution in [-0.4, -0.2) is 45.3 Å². The van der Waals surface area contributed by atoms with Gasteiger partial charge in [-0.25, -0.2) is 23.8 Å². The molecule has 4 aromatic rings. The summed E-state index contributed by atoms with van der Waals surface area (Å²) in [5.74, 6) is -3.64. The highest BCUT2D eigenvalue weighted by atomic mass is 35.5. The molecule has 0 spiro atoms. The van der Waals surface area contributed by atoms with Crippen LogP contribution in [0.1, 0.15) is 29.8 Å². The third kappa shape index (κ3) is 10.9. The Balaban J connectivity index is 0.000000269. The topological polar surface area (TPSA) is 141 Å². The number of carboxylic acids is 2. The number of ether oxygens (including phenoxy) is 4. The molecule has 10 nitrogen and oxygen atoms in total. The van der Waals surface area contributed by atoms with E-state index in [4.69, 9.17) is 64.0 Å². The lowest BCUT2D eigenvalue weighted by Crippen LogP contribution is -2.23. The molecule has 2 N–H and O–H groups in total. The molecule has 17 heteroatoms. The SMILES string of the molecule is C[C@@H](Oc1ccc(Oc2ncc(Cl)cc2F)cc1)C(=O)O.C[C@H](OC(=O)c1cc(Oc2ccc(C(F)(F)F)cc2Cl)ccc1Cl)C(=O)O. The van der Waals surface area contributed by atoms with Gasteiger partial charge < -0.3 is 29.2 Å². The first-order chi connectivity index (χ1) is 22.4. The van der Waals surface area contributed by atoms with E-state index in [1.165, 1.54) is 49.5 Å². The molecule has 0 aliphatic carbocycles. The van der Waals surface area contributed by atoms with Crippen LogP contribution >= 0.6 is 34.8 Å². The average Bonchev–Trinajstić information content (AvgIpc) is 3.01. The second-order valence-electron chi connectivity index (χ2n) is 9.38. The fourth-order valence-electron chi connectivity index (χ4n) is 3.32. The van der Waals surface area contributed by atoms with Crippen molar-refractivity contribution in [1.29, 1.82) is 0 Å². The van der Waals surface area contributed by atoms with Crippen LogP contribution in [0.5, 0.6) is 28.9 Å². The van der Waals surface area contributed by atoms with Gasteiger partial charge in [0.15, 0.2) is 18.0 Å². The molecule has 0 radical (unpaired) electrons. The lowest BCUT2D eigenvalue weighted by atomic mass is 10.2. The van der Waals surface area contributed by atoms with E-state index in [-0.39, 0.29) is 38.0 Å². The molecular formula is C31H22Cl3F4NO9. The van der Waals surface area contributed by atoms with Crippen LogP contribution in [-0.2, 0) is 20.5 Å². The van der Waals surface area contributed by atoms with Gasteiger partial charge in [-0.2, -0.15) is 13.2 Å². The first kappa shape index (κ1) is 37.7. The first-order valence-electron chi connectivity index (χ1n) is 13.2. The minimum atomic E-state index is -4.56. The van der Waals surface area contributed by atoms with Gasteiger partial charge in [-0.3, -0.25) is 0 Å². The summed E-state index contributed by atoms with van der Waals surface area (Å²) in [7, 11) is 0. The van der Waals surface area contributed by atoms with Gasteiger partial charge in [0.25, 0.3) is 5.88 Å². The molecular weight excluding hydrogens is 713 g/mol. The molecule has 2 atom stereocenters. The molecule has 1 aromatic heterocycles. The Bertz CT molecular complexity index is 1790. The zero-order valence-electron chi connectivity index (χ0n) is 24.4. The summed E-state index contributed by atoms with van der Waals surface area (Å²) < 4.78 is 72.1. The van der Waals surface area contributed by atoms with Crippen LogP contribution in [0.25, 0.3) is 0 Å². The highest BCUT2D eigenvalue weighted by molar-refractivity contribution is 6.33. The maximum Gasteiger partial charge on any atom is 0.416 e. The number of aromatic nitrogens is 1. The number of benzene rings is 3. The van der Waals surface area contributed by atoms with Crippen LogP contribution in [0.4, 0.5) is 17.6 Å². The van der Waals surface area contributed by atoms with Crippen molar-refractivity contribution < 1.29 is 61.1 Å². The Kier molecular flexibility index (Phi) is 12.8. The number of rotatable bonds is 10. The van der Waals surface area contributed by atoms with Crippen LogP contribution in [0.2, 0.25) is 15.1 Å². The largest absolute Gasteiger partial charge is 0.479 e. The molecule has 48 heavy (non-hydrogen) atoms. The zero-order chi connectivity index (χ0) is 35.8. The van der Waals surface area contributed by atoms with Crippen molar-refractivity contribution in [3.8, 4) is 28.9 Å². The molecule has 0 amide bonds. The number of alkyl halides is 3. The van der Waals surface area contributed by atoms with E-state index < -0.39 is 47.7 Å². The second-order valence-corrected chi connectivity index (χ2v) is 10.6. The van der Waals surface area contributed by atoms with E-state index in [1.54, 1.807) is 0 Å². The Morgan fingerprint density at radius 3 is 1.94 bits per heavy atom. The normalized spacial score (nSPS) is 12.1. The fraction of sp³-hybridized carbons (Fsp3) is 0.161. The number of carboxylic acid groups (broad SMARTS) is 2. The van der Waals surface area contributed by atoms with Crippen molar-refractivity contribution in [2.45, 2.75) is 32.2 Å². The minimum Gasteiger partial charge on any atom is -0.479 e. The van der Waals surface area contributed by atoms with E-state index in [0.717, 1.165) is 31.2 Å². The summed E-state index contributed by atoms with van der Waals surface area (Å²) in [6, 6.07) is 13.5. The van der Waals surface area contributed by atoms with Crippen molar-refractivity contribution >= 4 is 52.7 Å². The summed E-state index contributed by atoms with van der Waals surface area (Å²) in [5.41, 5.74) is -1.12. The third-order valence-corrected chi connectivity index (χ3v) is 6.58. The van der Waals surface area contributed by atoms with Gasteiger partial charge in [-0.1, -0.05) is 34.8 Å². The number of nitrogens with zero attached hydrogens (tertiary/aromatic N) is 1. The predicted molar refractivity (Wildman–Crippen MR) is 164 cm³/mol. The van der Waals surface area contributed by atoms with Gasteiger partial charge in [0.05, 0.1) is 26.2 Å². The quantitative estimate of drug-likeness (QED) is 0.120. The number of pyridine rings is 1. The number of carbonyl (C=O) groups is 3. The minimum absolute atomic E-state index is 0.0246. The van der Waals surface area contributed by atoms with Gasteiger partial charge in [0.2, 0.25) is 0 Å². The van der Waals surface area contributed by atoms with Crippen molar-refractivity contribution in [2.75, 3.05) is 0 Å². The molecule has 0 fully saturated rings. The third-order valence-electron chi connectivity index (χ3n) is 5.75. The smallest absolute Gasteiger partial charge is 0.416 e. The number of esters is 1. The highest BCUT2D eigenvalue weighted by Gasteiger charge is 2.31. The zero-order valence-corrected chi connectivity index (χ0v) is 26.7. The molecule has 3 aromatic carbocycles. The molecule has 0 aliphatic rings. The Morgan fingerprint density at radius 1 is 0.771 bits per heavy atom. The number of hydrogen-bond donors (Lipinski definition) is 2. The van der Waals surface area contributed by atoms with Gasteiger partial charge in [-0.05, 0) is 80.6 Å². The molecule has 0 unspecified atom stereocenters. The number of aliphatic carboxylic acids is 2.